The van der Waals surface area contributed by atoms with Crippen molar-refractivity contribution in [2.24, 2.45) is 17.4 Å². The molecule has 0 amide bonds. The molecule has 0 aliphatic rings. The van der Waals surface area contributed by atoms with Crippen LogP contribution in [0.2, 0.25) is 0 Å². The first-order valence-electron chi connectivity index (χ1n) is 11.9. The van der Waals surface area contributed by atoms with Crippen molar-refractivity contribution in [3.63, 3.8) is 0 Å². The minimum atomic E-state index is -2.80. The van der Waals surface area contributed by atoms with Gasteiger partial charge in [0.25, 0.3) is 5.97 Å². The van der Waals surface area contributed by atoms with Crippen molar-refractivity contribution in [2.75, 3.05) is 0 Å². The van der Waals surface area contributed by atoms with Crippen LogP contribution in [0.1, 0.15) is 129 Å². The van der Waals surface area contributed by atoms with Gasteiger partial charge < -0.3 is 26.8 Å². The Hall–Kier alpha value is -0.340. The lowest BCUT2D eigenvalue weighted by molar-refractivity contribution is -0.322. The van der Waals surface area contributed by atoms with Gasteiger partial charge in [0.2, 0.25) is 0 Å². The summed E-state index contributed by atoms with van der Waals surface area (Å²) >= 11 is 0. The Labute approximate surface area is 183 Å². The number of aliphatic hydroxyl groups is 3. The third kappa shape index (κ3) is 22.3. The maximum atomic E-state index is 9.07. The lowest BCUT2D eigenvalue weighted by Gasteiger charge is -2.34. The highest BCUT2D eigenvalue weighted by atomic mass is 19.0. The smallest absolute Gasteiger partial charge is 0.278 e. The molecule has 0 bridgehead atoms. The maximum Gasteiger partial charge on any atom is 0.278 e. The molecule has 7 heteroatoms. The molecular formula is C23H52F2N2O3. The molecule has 0 fully saturated rings. The molecule has 0 heterocycles. The van der Waals surface area contributed by atoms with E-state index in [0.29, 0.717) is 0 Å². The van der Waals surface area contributed by atoms with Crippen molar-refractivity contribution >= 4 is 0 Å². The first-order chi connectivity index (χ1) is 13.2. The third-order valence-corrected chi connectivity index (χ3v) is 5.95. The van der Waals surface area contributed by atoms with Gasteiger partial charge in [-0.15, -0.1) is 0 Å². The number of nitrogens with two attached hydrogens (primary N) is 2. The molecule has 0 saturated heterocycles. The zero-order chi connectivity index (χ0) is 21.3. The lowest BCUT2D eigenvalue weighted by Crippen LogP contribution is -2.59. The van der Waals surface area contributed by atoms with Crippen molar-refractivity contribution < 1.29 is 24.7 Å². The summed E-state index contributed by atoms with van der Waals surface area (Å²) in [6.45, 7) is 4.17. The first kappa shape index (κ1) is 34.3. The highest BCUT2D eigenvalue weighted by molar-refractivity contribution is 4.85. The van der Waals surface area contributed by atoms with Crippen molar-refractivity contribution in [2.45, 2.75) is 141 Å². The zero-order valence-electron chi connectivity index (χ0n) is 19.6. The Morgan fingerprint density at radius 1 is 0.600 bits per heavy atom. The average Bonchev–Trinajstić information content (AvgIpc) is 2.59. The Morgan fingerprint density at radius 2 is 0.900 bits per heavy atom. The molecule has 0 saturated carbocycles. The lowest BCUT2D eigenvalue weighted by atomic mass is 9.87. The van der Waals surface area contributed by atoms with Crippen LogP contribution in [0.3, 0.4) is 0 Å². The number of unbranched alkanes of at least 4 members (excludes halogenated alkanes) is 15. The number of halogens is 2. The highest BCUT2D eigenvalue weighted by Crippen LogP contribution is 2.23. The molecule has 0 rings (SSSR count). The fourth-order valence-corrected chi connectivity index (χ4v) is 3.85. The van der Waals surface area contributed by atoms with Crippen LogP contribution in [-0.2, 0) is 0 Å². The maximum absolute atomic E-state index is 9.07. The second-order valence-corrected chi connectivity index (χ2v) is 9.06. The molecule has 0 aliphatic carbocycles. The Bertz CT molecular complexity index is 354. The first-order valence-corrected chi connectivity index (χ1v) is 11.9. The monoisotopic (exact) mass is 442 g/mol. The fourth-order valence-electron chi connectivity index (χ4n) is 3.85. The second-order valence-electron chi connectivity index (χ2n) is 9.06. The number of hydrogen-bond donors (Lipinski definition) is 5. The van der Waals surface area contributed by atoms with Crippen molar-refractivity contribution in [1.29, 1.82) is 0 Å². The van der Waals surface area contributed by atoms with E-state index in [2.05, 4.69) is 6.92 Å². The van der Waals surface area contributed by atoms with Crippen LogP contribution in [0.5, 0.6) is 0 Å². The van der Waals surface area contributed by atoms with E-state index < -0.39 is 18.1 Å². The standard InChI is InChI=1S/C23H50N2O3.2FH/c1-3-4-5-6-7-8-9-10-11-12-13-14-15-16-17-18-19-21(2)22(24,25)20-23(26,27)28;;/h21,26-28H,3-20,24-25H2,1-2H3;2*1H. The van der Waals surface area contributed by atoms with E-state index in [0.717, 1.165) is 19.3 Å². The molecule has 1 unspecified atom stereocenters. The Kier molecular flexibility index (Phi) is 23.5. The topological polar surface area (TPSA) is 113 Å². The molecule has 186 valence electrons. The molecule has 0 aromatic rings. The van der Waals surface area contributed by atoms with Crippen LogP contribution in [0.4, 0.5) is 9.41 Å². The predicted molar refractivity (Wildman–Crippen MR) is 123 cm³/mol. The van der Waals surface area contributed by atoms with E-state index in [1.165, 1.54) is 89.9 Å². The average molecular weight is 443 g/mol. The minimum absolute atomic E-state index is 0. The van der Waals surface area contributed by atoms with E-state index in [-0.39, 0.29) is 15.3 Å². The van der Waals surface area contributed by atoms with Gasteiger partial charge in [-0.3, -0.25) is 9.41 Å². The normalized spacial score (nSPS) is 12.9. The number of hydrogen-bond acceptors (Lipinski definition) is 5. The van der Waals surface area contributed by atoms with Gasteiger partial charge in [-0.25, -0.2) is 0 Å². The van der Waals surface area contributed by atoms with Gasteiger partial charge >= 0.3 is 0 Å². The van der Waals surface area contributed by atoms with E-state index in [9.17, 15) is 0 Å². The molecule has 1 atom stereocenters. The van der Waals surface area contributed by atoms with E-state index in [4.69, 9.17) is 26.8 Å². The van der Waals surface area contributed by atoms with Gasteiger partial charge in [0.1, 0.15) is 0 Å². The molecule has 5 nitrogen and oxygen atoms in total. The van der Waals surface area contributed by atoms with Gasteiger partial charge in [0, 0.05) is 0 Å². The summed E-state index contributed by atoms with van der Waals surface area (Å²) in [4.78, 5) is 0. The minimum Gasteiger partial charge on any atom is -0.344 e. The van der Waals surface area contributed by atoms with Gasteiger partial charge in [0.05, 0.1) is 12.1 Å². The van der Waals surface area contributed by atoms with Crippen LogP contribution in [0, 0.1) is 5.92 Å². The van der Waals surface area contributed by atoms with E-state index in [1.807, 2.05) is 6.92 Å². The fraction of sp³-hybridized carbons (Fsp3) is 1.00. The van der Waals surface area contributed by atoms with E-state index >= 15 is 0 Å². The zero-order valence-corrected chi connectivity index (χ0v) is 19.6. The van der Waals surface area contributed by atoms with Crippen molar-refractivity contribution in [3.8, 4) is 0 Å². The highest BCUT2D eigenvalue weighted by Gasteiger charge is 2.35. The van der Waals surface area contributed by atoms with Gasteiger partial charge in [-0.1, -0.05) is 117 Å². The van der Waals surface area contributed by atoms with Crippen LogP contribution < -0.4 is 11.5 Å². The number of rotatable bonds is 20. The van der Waals surface area contributed by atoms with Crippen LogP contribution in [0.25, 0.3) is 0 Å². The summed E-state index contributed by atoms with van der Waals surface area (Å²) in [5, 5.41) is 27.2. The summed E-state index contributed by atoms with van der Waals surface area (Å²) in [5.41, 5.74) is 10.6. The quantitative estimate of drug-likeness (QED) is 0.131. The molecule has 0 aromatic heterocycles. The molecule has 0 radical (unpaired) electrons. The molecular weight excluding hydrogens is 390 g/mol. The van der Waals surface area contributed by atoms with Crippen LogP contribution >= 0.6 is 0 Å². The van der Waals surface area contributed by atoms with Gasteiger partial charge in [-0.2, -0.15) is 0 Å². The summed E-state index contributed by atoms with van der Waals surface area (Å²) in [6.07, 6.45) is 21.8. The second kappa shape index (κ2) is 20.6. The Morgan fingerprint density at radius 3 is 1.20 bits per heavy atom. The summed E-state index contributed by atoms with van der Waals surface area (Å²) in [7, 11) is 0. The molecule has 0 aliphatic heterocycles. The third-order valence-electron chi connectivity index (χ3n) is 5.95. The summed E-state index contributed by atoms with van der Waals surface area (Å²) < 4.78 is 0. The molecule has 7 N–H and O–H groups in total. The van der Waals surface area contributed by atoms with Gasteiger partial charge in [-0.05, 0) is 12.3 Å². The molecule has 30 heavy (non-hydrogen) atoms. The van der Waals surface area contributed by atoms with E-state index in [1.54, 1.807) is 0 Å². The summed E-state index contributed by atoms with van der Waals surface area (Å²) in [5.74, 6) is -2.88. The largest absolute Gasteiger partial charge is 0.344 e. The molecule has 0 aromatic carbocycles. The van der Waals surface area contributed by atoms with Crippen LogP contribution in [-0.4, -0.2) is 27.0 Å². The SMILES string of the molecule is CCCCCCCCCCCCCCCCCCC(C)C(N)(N)CC(O)(O)O.F.F. The Balaban J connectivity index is -0.00000364. The van der Waals surface area contributed by atoms with Crippen molar-refractivity contribution in [3.05, 3.63) is 0 Å². The van der Waals surface area contributed by atoms with Crippen LogP contribution in [0.15, 0.2) is 0 Å². The van der Waals surface area contributed by atoms with Gasteiger partial charge in [0.15, 0.2) is 0 Å². The van der Waals surface area contributed by atoms with Crippen molar-refractivity contribution in [1.82, 2.24) is 0 Å². The summed E-state index contributed by atoms with van der Waals surface area (Å²) in [6, 6.07) is 0. The predicted octanol–water partition coefficient (Wildman–Crippen LogP) is 5.21. The molecule has 0 spiro atoms.